The second-order valence-corrected chi connectivity index (χ2v) is 8.65. The van der Waals surface area contributed by atoms with E-state index in [9.17, 15) is 8.78 Å². The molecule has 1 unspecified atom stereocenters. The van der Waals surface area contributed by atoms with Crippen molar-refractivity contribution in [1.82, 2.24) is 0 Å². The maximum Gasteiger partial charge on any atom is 0.201 e. The third-order valence-electron chi connectivity index (χ3n) is 6.52. The molecule has 1 nitrogen and oxygen atoms in total. The Hall–Kier alpha value is -3.28. The van der Waals surface area contributed by atoms with Gasteiger partial charge in [-0.15, -0.1) is 6.58 Å². The highest BCUT2D eigenvalue weighted by molar-refractivity contribution is 6.08. The van der Waals surface area contributed by atoms with E-state index in [0.717, 1.165) is 31.3 Å². The number of ether oxygens (including phenoxy) is 1. The van der Waals surface area contributed by atoms with Crippen LogP contribution in [0.15, 0.2) is 67.3 Å². The molecule has 2 radical (unpaired) electrons. The Kier molecular flexibility index (Phi) is 7.79. The number of rotatable bonds is 8. The van der Waals surface area contributed by atoms with Crippen LogP contribution in [0.25, 0.3) is 27.8 Å². The molecule has 1 atom stereocenters. The molecule has 1 aliphatic rings. The van der Waals surface area contributed by atoms with Gasteiger partial charge in [-0.25, -0.2) is 13.2 Å². The van der Waals surface area contributed by atoms with E-state index in [-0.39, 0.29) is 23.4 Å². The van der Waals surface area contributed by atoms with E-state index in [1.165, 1.54) is 24.3 Å². The topological polar surface area (TPSA) is 9.23 Å². The van der Waals surface area contributed by atoms with Gasteiger partial charge in [0.1, 0.15) is 7.85 Å². The highest BCUT2D eigenvalue weighted by Crippen LogP contribution is 2.37. The van der Waals surface area contributed by atoms with E-state index in [2.05, 4.69) is 6.58 Å². The zero-order valence-electron chi connectivity index (χ0n) is 19.3. The minimum Gasteiger partial charge on any atom is -0.500 e. The summed E-state index contributed by atoms with van der Waals surface area (Å²) in [6.45, 7) is 3.47. The lowest BCUT2D eigenvalue weighted by atomic mass is 9.83. The van der Waals surface area contributed by atoms with Gasteiger partial charge in [-0.1, -0.05) is 48.6 Å². The monoisotopic (exact) mass is 476 g/mol. The van der Waals surface area contributed by atoms with Crippen molar-refractivity contribution < 1.29 is 22.3 Å². The van der Waals surface area contributed by atoms with Gasteiger partial charge in [-0.2, -0.15) is 4.39 Å². The van der Waals surface area contributed by atoms with Crippen molar-refractivity contribution in [1.29, 1.82) is 0 Å². The minimum absolute atomic E-state index is 0.0241. The summed E-state index contributed by atoms with van der Waals surface area (Å²) in [5, 5.41) is 0. The lowest BCUT2D eigenvalue weighted by Gasteiger charge is -2.22. The zero-order valence-corrected chi connectivity index (χ0v) is 19.3. The van der Waals surface area contributed by atoms with Gasteiger partial charge in [0.25, 0.3) is 0 Å². The van der Waals surface area contributed by atoms with Crippen LogP contribution in [0.4, 0.5) is 17.6 Å². The van der Waals surface area contributed by atoms with Crippen molar-refractivity contribution in [3.05, 3.63) is 96.1 Å². The quantitative estimate of drug-likeness (QED) is 0.181. The lowest BCUT2D eigenvalue weighted by molar-refractivity contribution is 0.352. The van der Waals surface area contributed by atoms with E-state index in [4.69, 9.17) is 12.6 Å². The average Bonchev–Trinajstić information content (AvgIpc) is 2.88. The van der Waals surface area contributed by atoms with Crippen molar-refractivity contribution in [2.24, 2.45) is 5.92 Å². The van der Waals surface area contributed by atoms with Gasteiger partial charge in [-0.05, 0) is 66.9 Å². The first-order valence-corrected chi connectivity index (χ1v) is 11.6. The Labute approximate surface area is 204 Å². The van der Waals surface area contributed by atoms with Crippen LogP contribution < -0.4 is 4.74 Å². The van der Waals surface area contributed by atoms with Crippen LogP contribution in [0, 0.1) is 29.2 Å². The molecule has 0 saturated heterocycles. The summed E-state index contributed by atoms with van der Waals surface area (Å²) in [6.07, 6.45) is 8.44. The molecule has 178 valence electrons. The second kappa shape index (κ2) is 11.0. The van der Waals surface area contributed by atoms with E-state index in [1.807, 2.05) is 12.2 Å². The highest BCUT2D eigenvalue weighted by Gasteiger charge is 2.21. The summed E-state index contributed by atoms with van der Waals surface area (Å²) in [4.78, 5) is 0. The summed E-state index contributed by atoms with van der Waals surface area (Å²) in [5.41, 5.74) is 2.08. The Morgan fingerprint density at radius 3 is 1.97 bits per heavy atom. The van der Waals surface area contributed by atoms with E-state index in [0.29, 0.717) is 29.0 Å². The summed E-state index contributed by atoms with van der Waals surface area (Å²) in [6, 6.07) is 12.0. The second-order valence-electron chi connectivity index (χ2n) is 8.65. The molecule has 0 saturated carbocycles. The van der Waals surface area contributed by atoms with Crippen molar-refractivity contribution in [3.63, 3.8) is 0 Å². The zero-order chi connectivity index (χ0) is 24.9. The van der Waals surface area contributed by atoms with Crippen LogP contribution >= 0.6 is 0 Å². The van der Waals surface area contributed by atoms with Gasteiger partial charge >= 0.3 is 0 Å². The number of hydrogen-bond donors (Lipinski definition) is 0. The molecule has 0 amide bonds. The fourth-order valence-corrected chi connectivity index (χ4v) is 4.55. The van der Waals surface area contributed by atoms with Gasteiger partial charge in [0.2, 0.25) is 5.82 Å². The van der Waals surface area contributed by atoms with Crippen LogP contribution in [0.5, 0.6) is 5.75 Å². The molecule has 3 aromatic rings. The average molecular weight is 476 g/mol. The van der Waals surface area contributed by atoms with Crippen molar-refractivity contribution in [2.75, 3.05) is 6.51 Å². The summed E-state index contributed by atoms with van der Waals surface area (Å²) in [5.74, 6) is -3.73. The Morgan fingerprint density at radius 2 is 1.40 bits per heavy atom. The van der Waals surface area contributed by atoms with Crippen molar-refractivity contribution in [2.45, 2.75) is 32.1 Å². The third kappa shape index (κ3) is 5.21. The third-order valence-corrected chi connectivity index (χ3v) is 6.52. The van der Waals surface area contributed by atoms with Crippen LogP contribution in [-0.4, -0.2) is 14.4 Å². The lowest BCUT2D eigenvalue weighted by Crippen LogP contribution is -2.07. The first kappa shape index (κ1) is 24.8. The number of allylic oxidation sites excluding steroid dienone is 3. The molecular weight excluding hydrogens is 451 g/mol. The summed E-state index contributed by atoms with van der Waals surface area (Å²) < 4.78 is 63.6. The van der Waals surface area contributed by atoms with Crippen molar-refractivity contribution >= 4 is 13.4 Å². The molecule has 0 aromatic heterocycles. The summed E-state index contributed by atoms with van der Waals surface area (Å²) in [7, 11) is 5.22. The minimum atomic E-state index is -1.13. The molecule has 0 spiro atoms. The molecular formula is C29H25BF4O. The van der Waals surface area contributed by atoms with E-state index in [1.54, 1.807) is 24.3 Å². The molecule has 0 bridgehead atoms. The molecule has 0 heterocycles. The first-order chi connectivity index (χ1) is 16.9. The standard InChI is InChI=1S/C29H25BF4O/c1-2-3-4-18-5-7-19(8-6-18)22-13-14-23(27(32)26(22)31)20-9-11-21(12-10-20)24-15-16-25(35-17-30)29(34)28(24)33/h2,7,9-16,18H,1,3-6,8,17H2. The highest BCUT2D eigenvalue weighted by atomic mass is 19.2. The van der Waals surface area contributed by atoms with Gasteiger partial charge in [0.15, 0.2) is 23.2 Å². The fourth-order valence-electron chi connectivity index (χ4n) is 4.55. The molecule has 1 aliphatic carbocycles. The number of benzene rings is 3. The molecule has 4 rings (SSSR count). The maximum absolute atomic E-state index is 15.1. The molecule has 35 heavy (non-hydrogen) atoms. The van der Waals surface area contributed by atoms with Crippen LogP contribution in [-0.2, 0) is 0 Å². The summed E-state index contributed by atoms with van der Waals surface area (Å²) >= 11 is 0. The molecule has 0 fully saturated rings. The van der Waals surface area contributed by atoms with Gasteiger partial charge in [0.05, 0.1) is 0 Å². The predicted octanol–water partition coefficient (Wildman–Crippen LogP) is 8.23. The Morgan fingerprint density at radius 1 is 0.829 bits per heavy atom. The fraction of sp³-hybridized carbons (Fsp3) is 0.241. The van der Waals surface area contributed by atoms with Crippen LogP contribution in [0.1, 0.15) is 37.7 Å². The number of halogens is 4. The van der Waals surface area contributed by atoms with E-state index < -0.39 is 23.3 Å². The number of hydrogen-bond acceptors (Lipinski definition) is 1. The van der Waals surface area contributed by atoms with Crippen LogP contribution in [0.3, 0.4) is 0 Å². The molecule has 6 heteroatoms. The smallest absolute Gasteiger partial charge is 0.201 e. The Bertz CT molecular complexity index is 1250. The molecule has 0 N–H and O–H groups in total. The van der Waals surface area contributed by atoms with Crippen LogP contribution in [0.2, 0.25) is 0 Å². The largest absolute Gasteiger partial charge is 0.500 e. The SMILES string of the molecule is [B]COc1ccc(-c2ccc(-c3ccc(C4=CCC(CCC=C)CC4)c(F)c3F)cc2)c(F)c1F. The predicted molar refractivity (Wildman–Crippen MR) is 133 cm³/mol. The van der Waals surface area contributed by atoms with E-state index >= 15 is 8.78 Å². The first-order valence-electron chi connectivity index (χ1n) is 11.6. The Balaban J connectivity index is 1.57. The maximum atomic E-state index is 15.1. The van der Waals surface area contributed by atoms with Crippen molar-refractivity contribution in [3.8, 4) is 28.0 Å². The molecule has 3 aromatic carbocycles. The van der Waals surface area contributed by atoms with Gasteiger partial charge in [-0.3, -0.25) is 0 Å². The normalized spacial score (nSPS) is 15.5. The molecule has 0 aliphatic heterocycles. The van der Waals surface area contributed by atoms with Gasteiger partial charge in [0, 0.05) is 23.2 Å². The van der Waals surface area contributed by atoms with Gasteiger partial charge < -0.3 is 4.74 Å².